The van der Waals surface area contributed by atoms with Crippen molar-refractivity contribution in [1.82, 2.24) is 0 Å². The lowest BCUT2D eigenvalue weighted by Crippen LogP contribution is -2.49. The van der Waals surface area contributed by atoms with Crippen LogP contribution in [0.1, 0.15) is 46.5 Å². The van der Waals surface area contributed by atoms with E-state index in [-0.39, 0.29) is 17.8 Å². The molecule has 7 fully saturated rings. The van der Waals surface area contributed by atoms with Crippen LogP contribution in [0.5, 0.6) is 0 Å². The van der Waals surface area contributed by atoms with E-state index in [1.54, 1.807) is 0 Å². The summed E-state index contributed by atoms with van der Waals surface area (Å²) in [5, 5.41) is 10.1. The van der Waals surface area contributed by atoms with Gasteiger partial charge in [0.05, 0.1) is 17.9 Å². The van der Waals surface area contributed by atoms with Crippen LogP contribution in [0, 0.1) is 106 Å². The summed E-state index contributed by atoms with van der Waals surface area (Å²) in [5.41, 5.74) is -0.465. The third-order valence-electron chi connectivity index (χ3n) is 12.2. The summed E-state index contributed by atoms with van der Waals surface area (Å²) >= 11 is 0. The van der Waals surface area contributed by atoms with Gasteiger partial charge in [0.15, 0.2) is 0 Å². The molecule has 0 spiro atoms. The number of hydrogen-bond acceptors (Lipinski definition) is 3. The first-order valence-corrected chi connectivity index (χ1v) is 13.2. The molecular weight excluding hydrogens is 382 g/mol. The van der Waals surface area contributed by atoms with Crippen molar-refractivity contribution in [2.45, 2.75) is 52.1 Å². The van der Waals surface area contributed by atoms with Crippen LogP contribution in [-0.4, -0.2) is 11.6 Å². The number of fused-ring (bicyclic) bond motifs is 23. The third kappa shape index (κ3) is 1.94. The first-order valence-electron chi connectivity index (χ1n) is 13.2. The number of hydrogen-bond donors (Lipinski definition) is 0. The van der Waals surface area contributed by atoms with E-state index >= 15 is 0 Å². The normalized spacial score (nSPS) is 62.8. The van der Waals surface area contributed by atoms with Gasteiger partial charge in [-0.15, -0.1) is 0 Å². The fourth-order valence-corrected chi connectivity index (χ4v) is 12.4. The molecule has 7 saturated carbocycles. The first-order chi connectivity index (χ1) is 14.9. The lowest BCUT2D eigenvalue weighted by Gasteiger charge is -2.51. The molecule has 0 amide bonds. The summed E-state index contributed by atoms with van der Waals surface area (Å²) in [6.45, 7) is 5.87. The molecule has 0 aromatic carbocycles. The second-order valence-electron chi connectivity index (χ2n) is 13.8. The average molecular weight is 418 g/mol. The Morgan fingerprint density at radius 3 is 1.81 bits per heavy atom. The molecule has 0 aromatic heterocycles. The van der Waals surface area contributed by atoms with Gasteiger partial charge in [-0.25, -0.2) is 0 Å². The molecule has 31 heavy (non-hydrogen) atoms. The second-order valence-corrected chi connectivity index (χ2v) is 13.8. The molecule has 164 valence electrons. The highest BCUT2D eigenvalue weighted by atomic mass is 16.6. The maximum atomic E-state index is 13.2. The standard InChI is InChI=1S/C28H35NO2/c1-28(2,3)31-27(30)26-18-7-13(19(26)10-29)22-16-9-17(25(18)22)24-15-8-14(23(16)24)20-11-4-5-12(6-11)21(15)20/h4-5,11-26H,6-9H2,1-3H3. The van der Waals surface area contributed by atoms with E-state index in [0.717, 1.165) is 71.5 Å². The van der Waals surface area contributed by atoms with E-state index in [9.17, 15) is 10.1 Å². The second kappa shape index (κ2) is 5.43. The Kier molecular flexibility index (Phi) is 3.18. The number of nitrogens with zero attached hydrogens (tertiary/aromatic N) is 1. The van der Waals surface area contributed by atoms with E-state index < -0.39 is 5.60 Å². The van der Waals surface area contributed by atoms with Crippen molar-refractivity contribution in [2.75, 3.05) is 0 Å². The van der Waals surface area contributed by atoms with Crippen LogP contribution in [0.15, 0.2) is 12.2 Å². The van der Waals surface area contributed by atoms with Crippen molar-refractivity contribution in [3.63, 3.8) is 0 Å². The molecule has 0 aliphatic heterocycles. The predicted octanol–water partition coefficient (Wildman–Crippen LogP) is 4.94. The summed E-state index contributed by atoms with van der Waals surface area (Å²) in [5.74, 6) is 11.3. The van der Waals surface area contributed by atoms with Crippen LogP contribution in [0.2, 0.25) is 0 Å². The van der Waals surface area contributed by atoms with Gasteiger partial charge in [0.1, 0.15) is 5.60 Å². The SMILES string of the molecule is CC(C)(C)OC(=O)C1C(C#N)C2CC1C1C3CC(C21)C1C2CC(C4C5C=CC(C5)C24)C31. The van der Waals surface area contributed by atoms with Crippen LogP contribution in [0.4, 0.5) is 0 Å². The van der Waals surface area contributed by atoms with Gasteiger partial charge >= 0.3 is 5.97 Å². The van der Waals surface area contributed by atoms with Gasteiger partial charge < -0.3 is 4.74 Å². The topological polar surface area (TPSA) is 50.1 Å². The monoisotopic (exact) mass is 417 g/mol. The molecule has 8 aliphatic carbocycles. The molecule has 16 atom stereocenters. The van der Waals surface area contributed by atoms with Gasteiger partial charge in [0, 0.05) is 0 Å². The summed E-state index contributed by atoms with van der Waals surface area (Å²) < 4.78 is 5.86. The number of carbonyl (C=O) groups excluding carboxylic acids is 1. The molecule has 0 heterocycles. The number of nitriles is 1. The van der Waals surface area contributed by atoms with Crippen molar-refractivity contribution in [2.24, 2.45) is 94.7 Å². The van der Waals surface area contributed by atoms with Gasteiger partial charge in [-0.05, 0) is 129 Å². The Morgan fingerprint density at radius 1 is 0.774 bits per heavy atom. The molecule has 3 heteroatoms. The minimum absolute atomic E-state index is 0.0735. The third-order valence-corrected chi connectivity index (χ3v) is 12.2. The number of carbonyl (C=O) groups is 1. The van der Waals surface area contributed by atoms with E-state index in [2.05, 4.69) is 18.2 Å². The Labute approximate surface area is 186 Å². The summed E-state index contributed by atoms with van der Waals surface area (Å²) in [6.07, 6.45) is 10.7. The van der Waals surface area contributed by atoms with E-state index in [1.807, 2.05) is 20.8 Å². The highest BCUT2D eigenvalue weighted by Gasteiger charge is 2.77. The Morgan fingerprint density at radius 2 is 1.26 bits per heavy atom. The Balaban J connectivity index is 1.14. The van der Waals surface area contributed by atoms with Gasteiger partial charge in [-0.2, -0.15) is 5.26 Å². The lowest BCUT2D eigenvalue weighted by molar-refractivity contribution is -0.166. The molecule has 16 unspecified atom stereocenters. The first kappa shape index (κ1) is 18.2. The lowest BCUT2D eigenvalue weighted by atomic mass is 9.53. The zero-order chi connectivity index (χ0) is 21.0. The number of allylic oxidation sites excluding steroid dienone is 2. The summed E-state index contributed by atoms with van der Waals surface area (Å²) in [4.78, 5) is 13.2. The van der Waals surface area contributed by atoms with Crippen molar-refractivity contribution >= 4 is 5.97 Å². The average Bonchev–Trinajstić information content (AvgIpc) is 3.52. The highest BCUT2D eigenvalue weighted by Crippen LogP contribution is 2.81. The van der Waals surface area contributed by atoms with Crippen LogP contribution in [0.25, 0.3) is 0 Å². The van der Waals surface area contributed by atoms with Gasteiger partial charge in [0.2, 0.25) is 0 Å². The predicted molar refractivity (Wildman–Crippen MR) is 115 cm³/mol. The Bertz CT molecular complexity index is 940. The molecule has 3 nitrogen and oxygen atoms in total. The van der Waals surface area contributed by atoms with Crippen LogP contribution >= 0.6 is 0 Å². The molecule has 8 aliphatic rings. The van der Waals surface area contributed by atoms with Crippen LogP contribution < -0.4 is 0 Å². The quantitative estimate of drug-likeness (QED) is 0.345. The fraction of sp³-hybridized carbons (Fsp3) is 0.857. The zero-order valence-corrected chi connectivity index (χ0v) is 19.0. The minimum Gasteiger partial charge on any atom is -0.460 e. The van der Waals surface area contributed by atoms with Crippen LogP contribution in [0.3, 0.4) is 0 Å². The van der Waals surface area contributed by atoms with Crippen LogP contribution in [-0.2, 0) is 9.53 Å². The molecular formula is C28H35NO2. The fourth-order valence-electron chi connectivity index (χ4n) is 12.4. The molecule has 8 bridgehead atoms. The molecule has 0 radical (unpaired) electrons. The van der Waals surface area contributed by atoms with E-state index in [0.29, 0.717) is 17.8 Å². The maximum Gasteiger partial charge on any atom is 0.311 e. The molecule has 8 rings (SSSR count). The number of esters is 1. The Hall–Kier alpha value is -1.30. The minimum atomic E-state index is -0.465. The zero-order valence-electron chi connectivity index (χ0n) is 19.0. The smallest absolute Gasteiger partial charge is 0.311 e. The van der Waals surface area contributed by atoms with Crippen molar-refractivity contribution < 1.29 is 9.53 Å². The van der Waals surface area contributed by atoms with E-state index in [4.69, 9.17) is 4.74 Å². The molecule has 0 saturated heterocycles. The number of rotatable bonds is 1. The summed E-state index contributed by atoms with van der Waals surface area (Å²) in [7, 11) is 0. The van der Waals surface area contributed by atoms with Gasteiger partial charge in [-0.3, -0.25) is 4.79 Å². The van der Waals surface area contributed by atoms with Gasteiger partial charge in [0.25, 0.3) is 0 Å². The van der Waals surface area contributed by atoms with Gasteiger partial charge in [-0.1, -0.05) is 12.2 Å². The van der Waals surface area contributed by atoms with Crippen molar-refractivity contribution in [3.05, 3.63) is 12.2 Å². The summed E-state index contributed by atoms with van der Waals surface area (Å²) in [6, 6.07) is 2.63. The maximum absolute atomic E-state index is 13.2. The van der Waals surface area contributed by atoms with Crippen molar-refractivity contribution in [1.29, 1.82) is 5.26 Å². The molecule has 0 N–H and O–H groups in total. The van der Waals surface area contributed by atoms with Crippen molar-refractivity contribution in [3.8, 4) is 6.07 Å². The molecule has 0 aromatic rings. The van der Waals surface area contributed by atoms with E-state index in [1.165, 1.54) is 19.3 Å². The number of ether oxygens (including phenoxy) is 1. The largest absolute Gasteiger partial charge is 0.460 e. The highest BCUT2D eigenvalue weighted by molar-refractivity contribution is 5.75.